The van der Waals surface area contributed by atoms with Gasteiger partial charge in [-0.3, -0.25) is 0 Å². The molecule has 0 radical (unpaired) electrons. The highest BCUT2D eigenvalue weighted by molar-refractivity contribution is 6.09. The Morgan fingerprint density at radius 1 is 0.480 bits per heavy atom. The topological polar surface area (TPSA) is 61.0 Å². The van der Waals surface area contributed by atoms with E-state index in [2.05, 4.69) is 97.1 Å². The zero-order valence-corrected chi connectivity index (χ0v) is 26.9. The van der Waals surface area contributed by atoms with Crippen molar-refractivity contribution in [3.8, 4) is 50.8 Å². The summed E-state index contributed by atoms with van der Waals surface area (Å²) >= 11 is 0. The van der Waals surface area contributed by atoms with Crippen molar-refractivity contribution >= 4 is 27.5 Å². The summed E-state index contributed by atoms with van der Waals surface area (Å²) in [5.41, 5.74) is 10.1. The maximum atomic E-state index is 6.63. The second-order valence-electron chi connectivity index (χ2n) is 12.7. The molecule has 3 heterocycles. The normalized spacial score (nSPS) is 16.2. The minimum atomic E-state index is -0.186. The molecule has 1 aliphatic heterocycles. The van der Waals surface area contributed by atoms with Crippen molar-refractivity contribution in [2.45, 2.75) is 12.0 Å². The van der Waals surface area contributed by atoms with Crippen LogP contribution in [0.5, 0.6) is 5.75 Å². The van der Waals surface area contributed by atoms with Gasteiger partial charge in [0.15, 0.2) is 17.5 Å². The van der Waals surface area contributed by atoms with Gasteiger partial charge in [-0.15, -0.1) is 0 Å². The summed E-state index contributed by atoms with van der Waals surface area (Å²) in [5, 5.41) is 2.09. The number of ether oxygens (including phenoxy) is 1. The van der Waals surface area contributed by atoms with Gasteiger partial charge in [0.2, 0.25) is 0 Å². The molecule has 0 bridgehead atoms. The van der Waals surface area contributed by atoms with Crippen LogP contribution in [0, 0.1) is 0 Å². The van der Waals surface area contributed by atoms with E-state index in [1.807, 2.05) is 66.7 Å². The van der Waals surface area contributed by atoms with Crippen LogP contribution in [0.1, 0.15) is 17.3 Å². The SMILES string of the molecule is C1=CC2Oc3cccc(-c4ccc(-c5ccccc5)cc4)c3C2C(c2nc(-c3ccccc3)nc(-c3cccc4c3oc3ccccc34)n2)=C1. The number of allylic oxidation sites excluding steroid dienone is 2. The van der Waals surface area contributed by atoms with Crippen LogP contribution in [-0.4, -0.2) is 21.1 Å². The molecule has 5 heteroatoms. The van der Waals surface area contributed by atoms with Gasteiger partial charge in [-0.25, -0.2) is 15.0 Å². The molecule has 50 heavy (non-hydrogen) atoms. The minimum absolute atomic E-state index is 0.110. The average Bonchev–Trinajstić information content (AvgIpc) is 3.77. The molecule has 10 rings (SSSR count). The number of hydrogen-bond donors (Lipinski definition) is 0. The largest absolute Gasteiger partial charge is 0.485 e. The van der Waals surface area contributed by atoms with Crippen LogP contribution >= 0.6 is 0 Å². The molecule has 6 aromatic carbocycles. The third kappa shape index (κ3) is 4.66. The van der Waals surface area contributed by atoms with Crippen molar-refractivity contribution in [1.82, 2.24) is 15.0 Å². The van der Waals surface area contributed by atoms with Gasteiger partial charge in [-0.2, -0.15) is 0 Å². The number of furan rings is 1. The van der Waals surface area contributed by atoms with Gasteiger partial charge in [0.25, 0.3) is 0 Å². The van der Waals surface area contributed by atoms with Crippen LogP contribution in [0.3, 0.4) is 0 Å². The van der Waals surface area contributed by atoms with E-state index in [0.717, 1.165) is 61.1 Å². The van der Waals surface area contributed by atoms with Gasteiger partial charge in [-0.1, -0.05) is 140 Å². The number of hydrogen-bond acceptors (Lipinski definition) is 5. The van der Waals surface area contributed by atoms with Crippen molar-refractivity contribution in [3.63, 3.8) is 0 Å². The molecule has 236 valence electrons. The van der Waals surface area contributed by atoms with Gasteiger partial charge in [-0.05, 0) is 46.5 Å². The third-order valence-corrected chi connectivity index (χ3v) is 9.75. The highest BCUT2D eigenvalue weighted by Crippen LogP contribution is 2.51. The predicted octanol–water partition coefficient (Wildman–Crippen LogP) is 10.9. The monoisotopic (exact) mass is 643 g/mol. The smallest absolute Gasteiger partial charge is 0.167 e. The minimum Gasteiger partial charge on any atom is -0.485 e. The molecule has 2 aliphatic rings. The molecular formula is C45H29N3O2. The fraction of sp³-hybridized carbons (Fsp3) is 0.0444. The van der Waals surface area contributed by atoms with E-state index in [1.165, 1.54) is 11.1 Å². The van der Waals surface area contributed by atoms with Crippen molar-refractivity contribution in [2.24, 2.45) is 0 Å². The van der Waals surface area contributed by atoms with E-state index in [4.69, 9.17) is 24.1 Å². The fourth-order valence-electron chi connectivity index (χ4n) is 7.41. The van der Waals surface area contributed by atoms with Crippen LogP contribution in [0.4, 0.5) is 0 Å². The van der Waals surface area contributed by atoms with Crippen LogP contribution in [0.25, 0.3) is 72.5 Å². The number of para-hydroxylation sites is 2. The van der Waals surface area contributed by atoms with E-state index in [0.29, 0.717) is 17.5 Å². The molecule has 0 spiro atoms. The van der Waals surface area contributed by atoms with Crippen LogP contribution in [-0.2, 0) is 0 Å². The molecule has 2 aromatic heterocycles. The predicted molar refractivity (Wildman–Crippen MR) is 200 cm³/mol. The van der Waals surface area contributed by atoms with Crippen LogP contribution in [0.15, 0.2) is 168 Å². The lowest BCUT2D eigenvalue weighted by Gasteiger charge is -2.23. The molecule has 8 aromatic rings. The maximum Gasteiger partial charge on any atom is 0.167 e. The summed E-state index contributed by atoms with van der Waals surface area (Å²) in [6.45, 7) is 0. The first-order chi connectivity index (χ1) is 24.8. The van der Waals surface area contributed by atoms with E-state index < -0.39 is 0 Å². The quantitative estimate of drug-likeness (QED) is 0.187. The van der Waals surface area contributed by atoms with Crippen molar-refractivity contribution in [3.05, 3.63) is 175 Å². The van der Waals surface area contributed by atoms with Gasteiger partial charge in [0, 0.05) is 27.5 Å². The molecule has 0 saturated carbocycles. The van der Waals surface area contributed by atoms with E-state index >= 15 is 0 Å². The first kappa shape index (κ1) is 28.4. The summed E-state index contributed by atoms with van der Waals surface area (Å²) in [6.07, 6.45) is 6.13. The number of nitrogens with zero attached hydrogens (tertiary/aromatic N) is 3. The first-order valence-electron chi connectivity index (χ1n) is 16.8. The second-order valence-corrected chi connectivity index (χ2v) is 12.7. The summed E-state index contributed by atoms with van der Waals surface area (Å²) in [4.78, 5) is 15.4. The zero-order chi connectivity index (χ0) is 33.0. The summed E-state index contributed by atoms with van der Waals surface area (Å²) in [6, 6.07) is 49.9. The molecule has 2 atom stereocenters. The number of rotatable bonds is 5. The third-order valence-electron chi connectivity index (χ3n) is 9.75. The molecule has 0 fully saturated rings. The van der Waals surface area contributed by atoms with Crippen LogP contribution in [0.2, 0.25) is 0 Å². The Bertz CT molecular complexity index is 2620. The lowest BCUT2D eigenvalue weighted by molar-refractivity contribution is 0.271. The number of aromatic nitrogens is 3. The van der Waals surface area contributed by atoms with Gasteiger partial charge in [0.05, 0.1) is 11.5 Å². The molecule has 0 amide bonds. The van der Waals surface area contributed by atoms with Crippen molar-refractivity contribution < 1.29 is 9.15 Å². The lowest BCUT2D eigenvalue weighted by atomic mass is 9.80. The Balaban J connectivity index is 1.13. The number of fused-ring (bicyclic) bond motifs is 6. The summed E-state index contributed by atoms with van der Waals surface area (Å²) < 4.78 is 13.1. The second kappa shape index (κ2) is 11.5. The molecule has 2 unspecified atom stereocenters. The van der Waals surface area contributed by atoms with Crippen molar-refractivity contribution in [2.75, 3.05) is 0 Å². The van der Waals surface area contributed by atoms with Gasteiger partial charge >= 0.3 is 0 Å². The zero-order valence-electron chi connectivity index (χ0n) is 26.9. The molecule has 0 N–H and O–H groups in total. The molecule has 0 saturated heterocycles. The Labute approximate surface area is 288 Å². The molecular weight excluding hydrogens is 615 g/mol. The lowest BCUT2D eigenvalue weighted by Crippen LogP contribution is -2.21. The van der Waals surface area contributed by atoms with Gasteiger partial charge < -0.3 is 9.15 Å². The maximum absolute atomic E-state index is 6.63. The first-order valence-corrected chi connectivity index (χ1v) is 16.8. The number of benzene rings is 6. The highest BCUT2D eigenvalue weighted by atomic mass is 16.5. The molecule has 1 aliphatic carbocycles. The molecule has 5 nitrogen and oxygen atoms in total. The summed E-state index contributed by atoms with van der Waals surface area (Å²) in [7, 11) is 0. The Kier molecular flexibility index (Phi) is 6.56. The van der Waals surface area contributed by atoms with Crippen LogP contribution < -0.4 is 4.74 Å². The van der Waals surface area contributed by atoms with E-state index in [9.17, 15) is 0 Å². The van der Waals surface area contributed by atoms with E-state index in [1.54, 1.807) is 0 Å². The fourth-order valence-corrected chi connectivity index (χ4v) is 7.41. The highest BCUT2D eigenvalue weighted by Gasteiger charge is 2.40. The van der Waals surface area contributed by atoms with Gasteiger partial charge in [0.1, 0.15) is 23.0 Å². The Morgan fingerprint density at radius 3 is 1.96 bits per heavy atom. The summed E-state index contributed by atoms with van der Waals surface area (Å²) in [5.74, 6) is 2.56. The van der Waals surface area contributed by atoms with Crippen molar-refractivity contribution in [1.29, 1.82) is 0 Å². The van der Waals surface area contributed by atoms with E-state index in [-0.39, 0.29) is 12.0 Å². The Morgan fingerprint density at radius 2 is 1.12 bits per heavy atom. The standard InChI is InChI=1S/C45H29N3O2/c1-3-12-28(13-4-1)29-24-26-30(27-25-29)32-17-10-22-38-40(32)41-35(19-11-23-39(41)49-38)44-46-43(31-14-5-2-6-15-31)47-45(48-44)36-20-9-18-34-33-16-7-8-21-37(33)50-42(34)36/h1-27,39,41H. The Hall–Kier alpha value is -6.59. The average molecular weight is 644 g/mol.